The molecule has 0 aliphatic rings. The molecule has 25 heavy (non-hydrogen) atoms. The molecule has 0 fully saturated rings. The third-order valence-corrected chi connectivity index (χ3v) is 3.88. The minimum atomic E-state index is -0.211. The van der Waals surface area contributed by atoms with Gasteiger partial charge in [0.2, 0.25) is 11.8 Å². The lowest BCUT2D eigenvalue weighted by Gasteiger charge is -2.04. The molecular formula is C21H18N2O2. The van der Waals surface area contributed by atoms with Crippen LogP contribution >= 0.6 is 0 Å². The number of nitriles is 1. The van der Waals surface area contributed by atoms with E-state index < -0.39 is 0 Å². The highest BCUT2D eigenvalue weighted by Crippen LogP contribution is 2.41. The van der Waals surface area contributed by atoms with Crippen LogP contribution in [0.4, 0.5) is 5.88 Å². The monoisotopic (exact) mass is 330 g/mol. The zero-order valence-electron chi connectivity index (χ0n) is 14.1. The molecule has 0 bridgehead atoms. The van der Waals surface area contributed by atoms with Crippen molar-refractivity contribution in [3.63, 3.8) is 0 Å². The van der Waals surface area contributed by atoms with Crippen molar-refractivity contribution in [3.05, 3.63) is 66.2 Å². The van der Waals surface area contributed by atoms with E-state index in [0.29, 0.717) is 16.9 Å². The summed E-state index contributed by atoms with van der Waals surface area (Å²) in [4.78, 5) is 12.1. The fourth-order valence-electron chi connectivity index (χ4n) is 2.56. The molecule has 1 amide bonds. The third kappa shape index (κ3) is 3.31. The van der Waals surface area contributed by atoms with E-state index in [4.69, 9.17) is 4.42 Å². The van der Waals surface area contributed by atoms with Gasteiger partial charge < -0.3 is 4.42 Å². The number of hydrogen-bond acceptors (Lipinski definition) is 3. The number of amides is 1. The van der Waals surface area contributed by atoms with Crippen LogP contribution < -0.4 is 5.32 Å². The molecule has 0 spiro atoms. The van der Waals surface area contributed by atoms with Gasteiger partial charge in [-0.1, -0.05) is 74.5 Å². The van der Waals surface area contributed by atoms with Crippen LogP contribution in [-0.4, -0.2) is 5.91 Å². The van der Waals surface area contributed by atoms with Crippen LogP contribution in [0.25, 0.3) is 22.5 Å². The highest BCUT2D eigenvalue weighted by Gasteiger charge is 2.24. The summed E-state index contributed by atoms with van der Waals surface area (Å²) in [6.07, 6.45) is 0. The van der Waals surface area contributed by atoms with Crippen molar-refractivity contribution in [2.24, 2.45) is 5.92 Å². The summed E-state index contributed by atoms with van der Waals surface area (Å²) in [6.45, 7) is 3.58. The molecule has 4 heteroatoms. The first kappa shape index (κ1) is 16.5. The molecular weight excluding hydrogens is 312 g/mol. The van der Waals surface area contributed by atoms with E-state index in [9.17, 15) is 10.1 Å². The Kier molecular flexibility index (Phi) is 4.67. The first-order valence-corrected chi connectivity index (χ1v) is 8.10. The normalized spacial score (nSPS) is 10.5. The number of carbonyl (C=O) groups is 1. The molecule has 4 nitrogen and oxygen atoms in total. The van der Waals surface area contributed by atoms with Crippen LogP contribution in [0.5, 0.6) is 0 Å². The summed E-state index contributed by atoms with van der Waals surface area (Å²) in [5.41, 5.74) is 2.74. The molecule has 0 aliphatic heterocycles. The van der Waals surface area contributed by atoms with E-state index in [1.807, 2.05) is 60.7 Å². The lowest BCUT2D eigenvalue weighted by Crippen LogP contribution is -2.17. The van der Waals surface area contributed by atoms with Crippen molar-refractivity contribution in [3.8, 4) is 28.5 Å². The lowest BCUT2D eigenvalue weighted by atomic mass is 9.98. The fraction of sp³-hybridized carbons (Fsp3) is 0.143. The average molecular weight is 330 g/mol. The van der Waals surface area contributed by atoms with Gasteiger partial charge in [-0.3, -0.25) is 10.1 Å². The summed E-state index contributed by atoms with van der Waals surface area (Å²) in [5.74, 6) is 0.364. The van der Waals surface area contributed by atoms with Crippen molar-refractivity contribution in [2.45, 2.75) is 13.8 Å². The number of nitrogens with zero attached hydrogens (tertiary/aromatic N) is 1. The van der Waals surface area contributed by atoms with Gasteiger partial charge in [0.05, 0.1) is 0 Å². The molecule has 2 aromatic carbocycles. The Bertz CT molecular complexity index is 920. The molecule has 1 aromatic heterocycles. The molecule has 1 N–H and O–H groups in total. The van der Waals surface area contributed by atoms with Crippen molar-refractivity contribution < 1.29 is 9.21 Å². The average Bonchev–Trinajstić information content (AvgIpc) is 3.01. The van der Waals surface area contributed by atoms with Gasteiger partial charge in [-0.25, -0.2) is 0 Å². The quantitative estimate of drug-likeness (QED) is 0.725. The fourth-order valence-corrected chi connectivity index (χ4v) is 2.56. The second kappa shape index (κ2) is 7.06. The Morgan fingerprint density at radius 1 is 1.00 bits per heavy atom. The van der Waals surface area contributed by atoms with Gasteiger partial charge in [0.1, 0.15) is 17.4 Å². The number of carbonyl (C=O) groups excluding carboxylic acids is 1. The van der Waals surface area contributed by atoms with E-state index in [-0.39, 0.29) is 17.7 Å². The maximum Gasteiger partial charge on any atom is 0.229 e. The summed E-state index contributed by atoms with van der Waals surface area (Å²) < 4.78 is 5.94. The van der Waals surface area contributed by atoms with Gasteiger partial charge >= 0.3 is 0 Å². The van der Waals surface area contributed by atoms with E-state index in [0.717, 1.165) is 11.1 Å². The summed E-state index contributed by atoms with van der Waals surface area (Å²) >= 11 is 0. The molecule has 0 saturated carbocycles. The molecule has 0 unspecified atom stereocenters. The van der Waals surface area contributed by atoms with Gasteiger partial charge in [-0.15, -0.1) is 0 Å². The van der Waals surface area contributed by atoms with Gasteiger partial charge in [0, 0.05) is 17.0 Å². The largest absolute Gasteiger partial charge is 0.438 e. The number of anilines is 1. The number of benzene rings is 2. The van der Waals surface area contributed by atoms with Gasteiger partial charge in [0.25, 0.3) is 0 Å². The van der Waals surface area contributed by atoms with Gasteiger partial charge in [0.15, 0.2) is 0 Å². The van der Waals surface area contributed by atoms with Gasteiger partial charge in [-0.2, -0.15) is 5.26 Å². The van der Waals surface area contributed by atoms with Crippen LogP contribution in [-0.2, 0) is 4.79 Å². The standard InChI is InChI=1S/C21H18N2O2/c1-14(2)20(24)23-21-17(13-22)18(15-9-5-3-6-10-15)19(25-21)16-11-7-4-8-12-16/h3-12,14H,1-2H3,(H,23,24). The maximum atomic E-state index is 12.1. The smallest absolute Gasteiger partial charge is 0.229 e. The highest BCUT2D eigenvalue weighted by atomic mass is 16.4. The molecule has 0 radical (unpaired) electrons. The van der Waals surface area contributed by atoms with Crippen molar-refractivity contribution >= 4 is 11.8 Å². The SMILES string of the molecule is CC(C)C(=O)Nc1oc(-c2ccccc2)c(-c2ccccc2)c1C#N. The second-order valence-corrected chi connectivity index (χ2v) is 6.00. The lowest BCUT2D eigenvalue weighted by molar-refractivity contribution is -0.119. The molecule has 1 heterocycles. The Labute approximate surface area is 146 Å². The highest BCUT2D eigenvalue weighted by molar-refractivity contribution is 5.96. The van der Waals surface area contributed by atoms with Crippen LogP contribution in [0, 0.1) is 17.2 Å². The second-order valence-electron chi connectivity index (χ2n) is 6.00. The summed E-state index contributed by atoms with van der Waals surface area (Å²) in [6, 6.07) is 21.3. The van der Waals surface area contributed by atoms with Crippen LogP contribution in [0.15, 0.2) is 65.1 Å². The Hall–Kier alpha value is -3.32. The van der Waals surface area contributed by atoms with Crippen LogP contribution in [0.2, 0.25) is 0 Å². The molecule has 0 atom stereocenters. The number of hydrogen-bond donors (Lipinski definition) is 1. The van der Waals surface area contributed by atoms with Crippen molar-refractivity contribution in [2.75, 3.05) is 5.32 Å². The zero-order chi connectivity index (χ0) is 17.8. The zero-order valence-corrected chi connectivity index (χ0v) is 14.1. The van der Waals surface area contributed by atoms with E-state index >= 15 is 0 Å². The number of nitrogens with one attached hydrogen (secondary N) is 1. The van der Waals surface area contributed by atoms with Gasteiger partial charge in [-0.05, 0) is 5.56 Å². The molecule has 3 aromatic rings. The maximum absolute atomic E-state index is 12.1. The minimum absolute atomic E-state index is 0.190. The topological polar surface area (TPSA) is 66.0 Å². The Balaban J connectivity index is 2.22. The Morgan fingerprint density at radius 2 is 1.56 bits per heavy atom. The minimum Gasteiger partial charge on any atom is -0.438 e. The van der Waals surface area contributed by atoms with Crippen molar-refractivity contribution in [1.29, 1.82) is 5.26 Å². The first-order valence-electron chi connectivity index (χ1n) is 8.10. The van der Waals surface area contributed by atoms with E-state index in [1.165, 1.54) is 0 Å². The van der Waals surface area contributed by atoms with E-state index in [2.05, 4.69) is 11.4 Å². The first-order chi connectivity index (χ1) is 12.1. The number of furan rings is 1. The molecule has 0 aliphatic carbocycles. The van der Waals surface area contributed by atoms with Crippen LogP contribution in [0.1, 0.15) is 19.4 Å². The number of rotatable bonds is 4. The van der Waals surface area contributed by atoms with Crippen LogP contribution in [0.3, 0.4) is 0 Å². The summed E-state index contributed by atoms with van der Waals surface area (Å²) in [7, 11) is 0. The predicted octanol–water partition coefficient (Wildman–Crippen LogP) is 5.08. The third-order valence-electron chi connectivity index (χ3n) is 3.88. The van der Waals surface area contributed by atoms with Crippen molar-refractivity contribution in [1.82, 2.24) is 0 Å². The molecule has 0 saturated heterocycles. The summed E-state index contributed by atoms with van der Waals surface area (Å²) in [5, 5.41) is 12.4. The molecule has 3 rings (SSSR count). The molecule has 124 valence electrons. The van der Waals surface area contributed by atoms with E-state index in [1.54, 1.807) is 13.8 Å². The Morgan fingerprint density at radius 3 is 2.08 bits per heavy atom. The predicted molar refractivity (Wildman–Crippen MR) is 97.8 cm³/mol.